The zero-order chi connectivity index (χ0) is 14.1. The van der Waals surface area contributed by atoms with Gasteiger partial charge >= 0.3 is 0 Å². The molecule has 1 aliphatic rings. The van der Waals surface area contributed by atoms with Crippen LogP contribution >= 0.6 is 0 Å². The lowest BCUT2D eigenvalue weighted by atomic mass is 10.0. The zero-order valence-electron chi connectivity index (χ0n) is 12.4. The Morgan fingerprint density at radius 2 is 1.90 bits per heavy atom. The first kappa shape index (κ1) is 13.1. The fraction of sp³-hybridized carbons (Fsp3) is 0.533. The van der Waals surface area contributed by atoms with Gasteiger partial charge in [-0.3, -0.25) is 0 Å². The Balaban J connectivity index is 1.61. The second-order valence-corrected chi connectivity index (χ2v) is 5.57. The van der Waals surface area contributed by atoms with Crippen molar-refractivity contribution in [1.29, 1.82) is 0 Å². The van der Waals surface area contributed by atoms with E-state index in [2.05, 4.69) is 37.5 Å². The minimum atomic E-state index is 0.666. The third-order valence-electron chi connectivity index (χ3n) is 3.78. The van der Waals surface area contributed by atoms with Gasteiger partial charge in [0.1, 0.15) is 5.82 Å². The highest BCUT2D eigenvalue weighted by molar-refractivity contribution is 5.35. The molecule has 1 aliphatic heterocycles. The normalized spacial score (nSPS) is 15.4. The first-order valence-electron chi connectivity index (χ1n) is 7.23. The van der Waals surface area contributed by atoms with E-state index in [0.29, 0.717) is 5.92 Å². The summed E-state index contributed by atoms with van der Waals surface area (Å²) < 4.78 is 2.27. The molecule has 0 saturated carbocycles. The summed E-state index contributed by atoms with van der Waals surface area (Å²) in [5, 5.41) is 0. The standard InChI is InChI=1S/C15H21N5/c1-4-14-16-5-6-19(14)8-13-9-20(10-13)15-17-11(2)7-12(3)18-15/h5-7,13H,4,8-10H2,1-3H3. The van der Waals surface area contributed by atoms with Crippen LogP contribution in [0.25, 0.3) is 0 Å². The first-order chi connectivity index (χ1) is 9.65. The molecule has 5 nitrogen and oxygen atoms in total. The van der Waals surface area contributed by atoms with Gasteiger partial charge in [0.2, 0.25) is 5.95 Å². The van der Waals surface area contributed by atoms with Gasteiger partial charge in [-0.15, -0.1) is 0 Å². The van der Waals surface area contributed by atoms with E-state index in [0.717, 1.165) is 43.4 Å². The molecule has 1 saturated heterocycles. The molecule has 106 valence electrons. The number of aromatic nitrogens is 4. The van der Waals surface area contributed by atoms with Gasteiger partial charge in [0.15, 0.2) is 0 Å². The summed E-state index contributed by atoms with van der Waals surface area (Å²) >= 11 is 0. The quantitative estimate of drug-likeness (QED) is 0.853. The third-order valence-corrected chi connectivity index (χ3v) is 3.78. The molecule has 3 rings (SSSR count). The number of hydrogen-bond acceptors (Lipinski definition) is 4. The van der Waals surface area contributed by atoms with Crippen LogP contribution in [0.4, 0.5) is 5.95 Å². The molecule has 3 heterocycles. The van der Waals surface area contributed by atoms with E-state index in [1.54, 1.807) is 0 Å². The lowest BCUT2D eigenvalue weighted by Crippen LogP contribution is -2.49. The van der Waals surface area contributed by atoms with E-state index < -0.39 is 0 Å². The van der Waals surface area contributed by atoms with Crippen molar-refractivity contribution in [2.45, 2.75) is 33.7 Å². The topological polar surface area (TPSA) is 46.8 Å². The Kier molecular flexibility index (Phi) is 3.42. The third kappa shape index (κ3) is 2.53. The van der Waals surface area contributed by atoms with E-state index in [1.807, 2.05) is 26.1 Å². The molecule has 0 amide bonds. The number of nitrogens with zero attached hydrogens (tertiary/aromatic N) is 5. The molecule has 0 bridgehead atoms. The highest BCUT2D eigenvalue weighted by Gasteiger charge is 2.29. The van der Waals surface area contributed by atoms with Crippen LogP contribution in [0.2, 0.25) is 0 Å². The van der Waals surface area contributed by atoms with Gasteiger partial charge < -0.3 is 9.47 Å². The van der Waals surface area contributed by atoms with Gasteiger partial charge in [0.05, 0.1) is 0 Å². The monoisotopic (exact) mass is 271 g/mol. The van der Waals surface area contributed by atoms with E-state index >= 15 is 0 Å². The Hall–Kier alpha value is -1.91. The summed E-state index contributed by atoms with van der Waals surface area (Å²) in [6.45, 7) is 9.30. The maximum absolute atomic E-state index is 4.52. The molecular weight excluding hydrogens is 250 g/mol. The summed E-state index contributed by atoms with van der Waals surface area (Å²) in [6, 6.07) is 2.01. The average molecular weight is 271 g/mol. The van der Waals surface area contributed by atoms with Gasteiger partial charge in [0, 0.05) is 55.8 Å². The Bertz CT molecular complexity index is 578. The fourth-order valence-corrected chi connectivity index (χ4v) is 2.80. The molecule has 0 unspecified atom stereocenters. The van der Waals surface area contributed by atoms with Gasteiger partial charge in [0.25, 0.3) is 0 Å². The maximum Gasteiger partial charge on any atom is 0.225 e. The van der Waals surface area contributed by atoms with Crippen molar-refractivity contribution in [2.24, 2.45) is 5.92 Å². The van der Waals surface area contributed by atoms with Crippen molar-refractivity contribution in [2.75, 3.05) is 18.0 Å². The van der Waals surface area contributed by atoms with Gasteiger partial charge in [-0.2, -0.15) is 0 Å². The van der Waals surface area contributed by atoms with Crippen LogP contribution < -0.4 is 4.90 Å². The number of anilines is 1. The smallest absolute Gasteiger partial charge is 0.225 e. The molecule has 2 aromatic heterocycles. The molecule has 1 fully saturated rings. The minimum absolute atomic E-state index is 0.666. The Labute approximate surface area is 119 Å². The van der Waals surface area contributed by atoms with Crippen LogP contribution in [-0.2, 0) is 13.0 Å². The van der Waals surface area contributed by atoms with Crippen molar-refractivity contribution >= 4 is 5.95 Å². The molecule has 0 spiro atoms. The van der Waals surface area contributed by atoms with Crippen LogP contribution in [0.5, 0.6) is 0 Å². The highest BCUT2D eigenvalue weighted by atomic mass is 15.3. The van der Waals surface area contributed by atoms with Crippen LogP contribution in [0, 0.1) is 19.8 Å². The Morgan fingerprint density at radius 1 is 1.20 bits per heavy atom. The second kappa shape index (κ2) is 5.23. The van der Waals surface area contributed by atoms with Crippen LogP contribution in [-0.4, -0.2) is 32.6 Å². The second-order valence-electron chi connectivity index (χ2n) is 5.57. The maximum atomic E-state index is 4.52. The predicted octanol–water partition coefficient (Wildman–Crippen LogP) is 1.99. The summed E-state index contributed by atoms with van der Waals surface area (Å²) in [5.41, 5.74) is 2.08. The van der Waals surface area contributed by atoms with E-state index in [4.69, 9.17) is 0 Å². The van der Waals surface area contributed by atoms with E-state index in [1.165, 1.54) is 5.82 Å². The van der Waals surface area contributed by atoms with Gasteiger partial charge in [-0.1, -0.05) is 6.92 Å². The van der Waals surface area contributed by atoms with Crippen LogP contribution in [0.15, 0.2) is 18.5 Å². The van der Waals surface area contributed by atoms with Crippen molar-refractivity contribution in [3.63, 3.8) is 0 Å². The van der Waals surface area contributed by atoms with Gasteiger partial charge in [-0.25, -0.2) is 15.0 Å². The predicted molar refractivity (Wildman–Crippen MR) is 78.8 cm³/mol. The highest BCUT2D eigenvalue weighted by Crippen LogP contribution is 2.23. The Morgan fingerprint density at radius 3 is 2.55 bits per heavy atom. The van der Waals surface area contributed by atoms with Crippen molar-refractivity contribution in [3.8, 4) is 0 Å². The van der Waals surface area contributed by atoms with E-state index in [9.17, 15) is 0 Å². The summed E-state index contributed by atoms with van der Waals surface area (Å²) in [6.07, 6.45) is 4.96. The summed E-state index contributed by atoms with van der Waals surface area (Å²) in [5.74, 6) is 2.71. The van der Waals surface area contributed by atoms with Gasteiger partial charge in [-0.05, 0) is 19.9 Å². The number of hydrogen-bond donors (Lipinski definition) is 0. The molecular formula is C15H21N5. The molecule has 5 heteroatoms. The molecule has 0 aromatic carbocycles. The molecule has 0 radical (unpaired) electrons. The summed E-state index contributed by atoms with van der Waals surface area (Å²) in [4.78, 5) is 15.7. The SMILES string of the molecule is CCc1nccn1CC1CN(c2nc(C)cc(C)n2)C1. The minimum Gasteiger partial charge on any atom is -0.340 e. The number of rotatable bonds is 4. The van der Waals surface area contributed by atoms with Crippen molar-refractivity contribution in [1.82, 2.24) is 19.5 Å². The van der Waals surface area contributed by atoms with Crippen LogP contribution in [0.3, 0.4) is 0 Å². The zero-order valence-corrected chi connectivity index (χ0v) is 12.4. The molecule has 20 heavy (non-hydrogen) atoms. The first-order valence-corrected chi connectivity index (χ1v) is 7.23. The largest absolute Gasteiger partial charge is 0.340 e. The molecule has 0 N–H and O–H groups in total. The lowest BCUT2D eigenvalue weighted by molar-refractivity contribution is 0.348. The molecule has 2 aromatic rings. The lowest BCUT2D eigenvalue weighted by Gasteiger charge is -2.39. The average Bonchev–Trinajstić information content (AvgIpc) is 2.79. The molecule has 0 aliphatic carbocycles. The van der Waals surface area contributed by atoms with Crippen molar-refractivity contribution in [3.05, 3.63) is 35.7 Å². The van der Waals surface area contributed by atoms with Crippen LogP contribution in [0.1, 0.15) is 24.1 Å². The van der Waals surface area contributed by atoms with Crippen molar-refractivity contribution < 1.29 is 0 Å². The molecule has 0 atom stereocenters. The summed E-state index contributed by atoms with van der Waals surface area (Å²) in [7, 11) is 0. The number of imidazole rings is 1. The van der Waals surface area contributed by atoms with E-state index in [-0.39, 0.29) is 0 Å². The fourth-order valence-electron chi connectivity index (χ4n) is 2.80. The number of aryl methyl sites for hydroxylation is 3.